The first-order valence-electron chi connectivity index (χ1n) is 4.53. The molecule has 16 heavy (non-hydrogen) atoms. The first-order valence-corrected chi connectivity index (χ1v) is 4.53. The number of hydrogen-bond acceptors (Lipinski definition) is 4. The Bertz CT molecular complexity index is 442. The molecule has 0 aliphatic rings. The zero-order valence-electron chi connectivity index (χ0n) is 8.76. The summed E-state index contributed by atoms with van der Waals surface area (Å²) in [5.74, 6) is 1.15. The molecule has 1 heterocycles. The fraction of sp³-hybridized carbons (Fsp3) is 0.200. The Balaban J connectivity index is 0.00000128. The molecule has 1 aromatic carbocycles. The van der Waals surface area contributed by atoms with Crippen molar-refractivity contribution < 1.29 is 26.3 Å². The van der Waals surface area contributed by atoms with Gasteiger partial charge in [0.05, 0.1) is 7.11 Å². The normalized spacial score (nSPS) is 9.56. The zero-order valence-corrected chi connectivity index (χ0v) is 9.52. The molecule has 0 aliphatic heterocycles. The van der Waals surface area contributed by atoms with Crippen LogP contribution in [0.5, 0.6) is 5.75 Å². The summed E-state index contributed by atoms with van der Waals surface area (Å²) in [5, 5.41) is 3.74. The molecule has 6 heteroatoms. The van der Waals surface area contributed by atoms with Crippen LogP contribution in [0.2, 0.25) is 0 Å². The van der Waals surface area contributed by atoms with E-state index in [2.05, 4.69) is 5.27 Å². The van der Waals surface area contributed by atoms with Crippen molar-refractivity contribution in [1.82, 2.24) is 5.27 Å². The van der Waals surface area contributed by atoms with Gasteiger partial charge in [0.2, 0.25) is 11.8 Å². The molecule has 0 spiro atoms. The van der Waals surface area contributed by atoms with E-state index >= 15 is 0 Å². The number of ether oxygens (including phenoxy) is 1. The third-order valence-corrected chi connectivity index (χ3v) is 2.03. The summed E-state index contributed by atoms with van der Waals surface area (Å²) in [6, 6.07) is 7.74. The summed E-state index contributed by atoms with van der Waals surface area (Å²) in [6.07, 6.45) is 1.64. The van der Waals surface area contributed by atoms with E-state index in [-0.39, 0.29) is 12.4 Å². The Hall–Kier alpha value is -1.75. The van der Waals surface area contributed by atoms with E-state index in [0.717, 1.165) is 11.3 Å². The molecule has 0 saturated carbocycles. The van der Waals surface area contributed by atoms with Crippen molar-refractivity contribution in [3.63, 3.8) is 0 Å². The van der Waals surface area contributed by atoms with E-state index in [1.54, 1.807) is 18.0 Å². The highest BCUT2D eigenvalue weighted by molar-refractivity contribution is 5.26. The molecule has 0 amide bonds. The minimum atomic E-state index is 0. The van der Waals surface area contributed by atoms with Gasteiger partial charge in [-0.3, -0.25) is 4.52 Å². The molecule has 86 valence electrons. The average molecular weight is 242 g/mol. The van der Waals surface area contributed by atoms with E-state index in [1.807, 2.05) is 24.3 Å². The first kappa shape index (κ1) is 12.3. The van der Waals surface area contributed by atoms with Gasteiger partial charge in [-0.15, -0.1) is 0 Å². The second kappa shape index (κ2) is 5.37. The number of nitrogens with two attached hydrogens (primary N) is 1. The Morgan fingerprint density at radius 2 is 2.06 bits per heavy atom. The van der Waals surface area contributed by atoms with Gasteiger partial charge >= 0.3 is 0 Å². The molecule has 0 radical (unpaired) electrons. The van der Waals surface area contributed by atoms with E-state index < -0.39 is 0 Å². The number of nitrogens with zero attached hydrogens (tertiary/aromatic N) is 2. The van der Waals surface area contributed by atoms with Crippen molar-refractivity contribution in [2.45, 2.75) is 6.54 Å². The molecule has 0 aliphatic carbocycles. The van der Waals surface area contributed by atoms with Crippen molar-refractivity contribution >= 4 is 5.88 Å². The number of rotatable bonds is 3. The standard InChI is InChI=1S/C10H12N3O2.ClH/c1-14-9-4-2-8(3-5-9)6-13-7-10(11)15-12-13;/h2-5,7H,6,11H2,1H3;1H/q+1;/p-1. The second-order valence-corrected chi connectivity index (χ2v) is 3.15. The molecule has 5 nitrogen and oxygen atoms in total. The van der Waals surface area contributed by atoms with Gasteiger partial charge in [0.25, 0.3) is 12.1 Å². The van der Waals surface area contributed by atoms with Gasteiger partial charge in [-0.05, 0) is 28.9 Å². The van der Waals surface area contributed by atoms with Crippen LogP contribution in [-0.2, 0) is 6.54 Å². The van der Waals surface area contributed by atoms with Gasteiger partial charge in [0.15, 0.2) is 0 Å². The zero-order chi connectivity index (χ0) is 10.7. The van der Waals surface area contributed by atoms with Crippen molar-refractivity contribution in [2.75, 3.05) is 12.8 Å². The highest BCUT2D eigenvalue weighted by atomic mass is 35.5. The number of aromatic nitrogens is 2. The van der Waals surface area contributed by atoms with E-state index in [0.29, 0.717) is 12.4 Å². The molecular formula is C10H12ClN3O2. The lowest BCUT2D eigenvalue weighted by molar-refractivity contribution is -0.754. The number of anilines is 1. The molecule has 2 aromatic rings. The maximum absolute atomic E-state index is 5.41. The van der Waals surface area contributed by atoms with Crippen LogP contribution in [0, 0.1) is 0 Å². The fourth-order valence-electron chi connectivity index (χ4n) is 1.29. The van der Waals surface area contributed by atoms with E-state index in [4.69, 9.17) is 15.0 Å². The van der Waals surface area contributed by atoms with Crippen molar-refractivity contribution in [2.24, 2.45) is 0 Å². The third kappa shape index (κ3) is 2.87. The number of methoxy groups -OCH3 is 1. The minimum Gasteiger partial charge on any atom is -1.00 e. The van der Waals surface area contributed by atoms with Crippen molar-refractivity contribution in [3.05, 3.63) is 36.0 Å². The number of halogens is 1. The van der Waals surface area contributed by atoms with E-state index in [1.165, 1.54) is 0 Å². The SMILES string of the molecule is COc1ccc(C[n+]2cc(N)on2)cc1.[Cl-]. The van der Waals surface area contributed by atoms with Crippen molar-refractivity contribution in [3.8, 4) is 5.75 Å². The highest BCUT2D eigenvalue weighted by Gasteiger charge is 2.09. The van der Waals surface area contributed by atoms with Crippen LogP contribution in [0.1, 0.15) is 5.56 Å². The van der Waals surface area contributed by atoms with Crippen molar-refractivity contribution in [1.29, 1.82) is 0 Å². The highest BCUT2D eigenvalue weighted by Crippen LogP contribution is 2.10. The predicted octanol–water partition coefficient (Wildman–Crippen LogP) is -2.39. The average Bonchev–Trinajstić information content (AvgIpc) is 2.65. The lowest BCUT2D eigenvalue weighted by atomic mass is 10.2. The quantitative estimate of drug-likeness (QED) is 0.609. The van der Waals surface area contributed by atoms with Crippen LogP contribution >= 0.6 is 0 Å². The van der Waals surface area contributed by atoms with Crippen LogP contribution in [-0.4, -0.2) is 12.4 Å². The van der Waals surface area contributed by atoms with Crippen LogP contribution in [0.3, 0.4) is 0 Å². The molecule has 1 aromatic heterocycles. The Kier molecular flexibility index (Phi) is 4.13. The summed E-state index contributed by atoms with van der Waals surface area (Å²) in [4.78, 5) is 0. The van der Waals surface area contributed by atoms with Gasteiger partial charge < -0.3 is 22.9 Å². The molecule has 2 N–H and O–H groups in total. The summed E-state index contributed by atoms with van der Waals surface area (Å²) in [7, 11) is 1.64. The van der Waals surface area contributed by atoms with Gasteiger partial charge in [0, 0.05) is 5.56 Å². The van der Waals surface area contributed by atoms with Crippen LogP contribution < -0.4 is 27.6 Å². The van der Waals surface area contributed by atoms with E-state index in [9.17, 15) is 0 Å². The van der Waals surface area contributed by atoms with Gasteiger partial charge in [-0.1, -0.05) is 0 Å². The summed E-state index contributed by atoms with van der Waals surface area (Å²) in [5.41, 5.74) is 6.51. The van der Waals surface area contributed by atoms with Crippen LogP contribution in [0.25, 0.3) is 0 Å². The number of benzene rings is 1. The lowest BCUT2D eigenvalue weighted by Gasteiger charge is -1.98. The summed E-state index contributed by atoms with van der Waals surface area (Å²) >= 11 is 0. The number of nitrogen functional groups attached to an aromatic ring is 1. The smallest absolute Gasteiger partial charge is 0.293 e. The number of hydrogen-bond donors (Lipinski definition) is 1. The predicted molar refractivity (Wildman–Crippen MR) is 53.2 cm³/mol. The molecule has 0 atom stereocenters. The fourth-order valence-corrected chi connectivity index (χ4v) is 1.29. The topological polar surface area (TPSA) is 65.2 Å². The van der Waals surface area contributed by atoms with Gasteiger partial charge in [-0.2, -0.15) is 0 Å². The van der Waals surface area contributed by atoms with Gasteiger partial charge in [-0.25, -0.2) is 0 Å². The molecule has 0 fully saturated rings. The van der Waals surface area contributed by atoms with Crippen LogP contribution in [0.15, 0.2) is 35.0 Å². The second-order valence-electron chi connectivity index (χ2n) is 3.15. The maximum Gasteiger partial charge on any atom is 0.293 e. The maximum atomic E-state index is 5.41. The minimum absolute atomic E-state index is 0. The molecular weight excluding hydrogens is 230 g/mol. The summed E-state index contributed by atoms with van der Waals surface area (Å²) in [6.45, 7) is 0.630. The Labute approximate surface area is 99.2 Å². The Morgan fingerprint density at radius 1 is 1.38 bits per heavy atom. The Morgan fingerprint density at radius 3 is 2.56 bits per heavy atom. The van der Waals surface area contributed by atoms with Gasteiger partial charge in [0.1, 0.15) is 5.75 Å². The molecule has 2 rings (SSSR count). The molecule has 0 bridgehead atoms. The lowest BCUT2D eigenvalue weighted by Crippen LogP contribution is -3.00. The van der Waals surface area contributed by atoms with Crippen LogP contribution in [0.4, 0.5) is 5.88 Å². The molecule has 0 saturated heterocycles. The summed E-state index contributed by atoms with van der Waals surface area (Å²) < 4.78 is 11.4. The first-order chi connectivity index (χ1) is 7.28. The molecule has 0 unspecified atom stereocenters. The monoisotopic (exact) mass is 241 g/mol. The third-order valence-electron chi connectivity index (χ3n) is 2.03. The largest absolute Gasteiger partial charge is 1.00 e.